The average molecular weight is 135 g/mol. The summed E-state index contributed by atoms with van der Waals surface area (Å²) < 4.78 is 0. The second kappa shape index (κ2) is 2.31. The van der Waals surface area contributed by atoms with E-state index in [0.717, 1.165) is 0 Å². The van der Waals surface area contributed by atoms with Gasteiger partial charge in [-0.05, 0) is 0 Å². The molecule has 1 aliphatic heterocycles. The van der Waals surface area contributed by atoms with Crippen molar-refractivity contribution in [2.75, 3.05) is 13.1 Å². The van der Waals surface area contributed by atoms with Crippen LogP contribution < -0.4 is 5.32 Å². The standard InChI is InChI=1S/C4H6N2O.ClH/c5-1-4(7)2-6-3-4;/h6-7H,2-3H2;1H. The van der Waals surface area contributed by atoms with E-state index in [1.165, 1.54) is 0 Å². The fourth-order valence-corrected chi connectivity index (χ4v) is 0.441. The molecule has 4 heteroatoms. The van der Waals surface area contributed by atoms with E-state index in [1.54, 1.807) is 6.07 Å². The molecule has 0 aromatic carbocycles. The van der Waals surface area contributed by atoms with Crippen molar-refractivity contribution in [1.82, 2.24) is 5.32 Å². The molecule has 0 unspecified atom stereocenters. The molecule has 0 amide bonds. The Hall–Kier alpha value is -0.300. The van der Waals surface area contributed by atoms with E-state index in [1.807, 2.05) is 0 Å². The van der Waals surface area contributed by atoms with Crippen LogP contribution in [0.3, 0.4) is 0 Å². The molecule has 1 heterocycles. The van der Waals surface area contributed by atoms with E-state index in [4.69, 9.17) is 10.4 Å². The largest absolute Gasteiger partial charge is 0.373 e. The molecule has 0 atom stereocenters. The van der Waals surface area contributed by atoms with Gasteiger partial charge in [-0.15, -0.1) is 12.4 Å². The molecule has 0 radical (unpaired) electrons. The van der Waals surface area contributed by atoms with Gasteiger partial charge < -0.3 is 10.4 Å². The van der Waals surface area contributed by atoms with Crippen molar-refractivity contribution >= 4 is 12.4 Å². The maximum atomic E-state index is 8.80. The smallest absolute Gasteiger partial charge is 0.175 e. The van der Waals surface area contributed by atoms with Gasteiger partial charge in [0.2, 0.25) is 0 Å². The van der Waals surface area contributed by atoms with Gasteiger partial charge in [0.15, 0.2) is 5.60 Å². The van der Waals surface area contributed by atoms with Crippen molar-refractivity contribution in [3.8, 4) is 6.07 Å². The predicted molar refractivity (Wildman–Crippen MR) is 30.7 cm³/mol. The topological polar surface area (TPSA) is 56.0 Å². The van der Waals surface area contributed by atoms with Gasteiger partial charge in [-0.1, -0.05) is 0 Å². The predicted octanol–water partition coefficient (Wildman–Crippen LogP) is -0.734. The second-order valence-electron chi connectivity index (χ2n) is 1.75. The quantitative estimate of drug-likeness (QED) is 0.430. The first-order valence-electron chi connectivity index (χ1n) is 2.11. The first-order chi connectivity index (χ1) is 3.27. The van der Waals surface area contributed by atoms with Crippen LogP contribution >= 0.6 is 12.4 Å². The molecule has 0 aliphatic carbocycles. The van der Waals surface area contributed by atoms with Gasteiger partial charge in [-0.2, -0.15) is 5.26 Å². The lowest BCUT2D eigenvalue weighted by molar-refractivity contribution is 0.0452. The summed E-state index contributed by atoms with van der Waals surface area (Å²) in [6, 6.07) is 1.77. The maximum Gasteiger partial charge on any atom is 0.175 e. The molecule has 0 aromatic heterocycles. The number of rotatable bonds is 0. The second-order valence-corrected chi connectivity index (χ2v) is 1.75. The monoisotopic (exact) mass is 134 g/mol. The van der Waals surface area contributed by atoms with Crippen LogP contribution in [0.15, 0.2) is 0 Å². The zero-order chi connectivity index (χ0) is 5.33. The van der Waals surface area contributed by atoms with E-state index in [0.29, 0.717) is 13.1 Å². The van der Waals surface area contributed by atoms with Crippen molar-refractivity contribution in [2.45, 2.75) is 5.60 Å². The Bertz CT molecular complexity index is 116. The van der Waals surface area contributed by atoms with Crippen LogP contribution in [-0.2, 0) is 0 Å². The van der Waals surface area contributed by atoms with Crippen LogP contribution in [0.5, 0.6) is 0 Å². The molecule has 46 valence electrons. The molecule has 0 spiro atoms. The normalized spacial score (nSPS) is 22.0. The van der Waals surface area contributed by atoms with Crippen molar-refractivity contribution in [3.05, 3.63) is 0 Å². The molecular weight excluding hydrogens is 128 g/mol. The number of hydrogen-bond donors (Lipinski definition) is 2. The highest BCUT2D eigenvalue weighted by molar-refractivity contribution is 5.85. The first-order valence-corrected chi connectivity index (χ1v) is 2.11. The fourth-order valence-electron chi connectivity index (χ4n) is 0.441. The Labute approximate surface area is 53.7 Å². The average Bonchev–Trinajstić information content (AvgIpc) is 1.61. The third-order valence-corrected chi connectivity index (χ3v) is 1.04. The van der Waals surface area contributed by atoms with Gasteiger partial charge in [-0.3, -0.25) is 0 Å². The third-order valence-electron chi connectivity index (χ3n) is 1.04. The van der Waals surface area contributed by atoms with Gasteiger partial charge in [0.1, 0.15) is 6.07 Å². The molecule has 1 saturated heterocycles. The Balaban J connectivity index is 0.000000490. The molecule has 1 aliphatic rings. The van der Waals surface area contributed by atoms with Gasteiger partial charge >= 0.3 is 0 Å². The van der Waals surface area contributed by atoms with E-state index in [9.17, 15) is 0 Å². The molecular formula is C4H7ClN2O. The zero-order valence-electron chi connectivity index (χ0n) is 4.22. The fraction of sp³-hybridized carbons (Fsp3) is 0.750. The highest BCUT2D eigenvalue weighted by atomic mass is 35.5. The Kier molecular flexibility index (Phi) is 2.23. The number of nitrogens with zero attached hydrogens (tertiary/aromatic N) is 1. The lowest BCUT2D eigenvalue weighted by Crippen LogP contribution is -2.58. The summed E-state index contributed by atoms with van der Waals surface area (Å²) >= 11 is 0. The van der Waals surface area contributed by atoms with Crippen molar-refractivity contribution in [3.63, 3.8) is 0 Å². The van der Waals surface area contributed by atoms with Crippen molar-refractivity contribution in [2.24, 2.45) is 0 Å². The van der Waals surface area contributed by atoms with Gasteiger partial charge in [0, 0.05) is 13.1 Å². The maximum absolute atomic E-state index is 8.80. The van der Waals surface area contributed by atoms with Crippen LogP contribution in [0, 0.1) is 11.3 Å². The Morgan fingerprint density at radius 3 is 2.12 bits per heavy atom. The number of nitriles is 1. The summed E-state index contributed by atoms with van der Waals surface area (Å²) in [6.07, 6.45) is 0. The lowest BCUT2D eigenvalue weighted by atomic mass is 10.0. The van der Waals surface area contributed by atoms with E-state index < -0.39 is 5.60 Å². The zero-order valence-corrected chi connectivity index (χ0v) is 5.03. The van der Waals surface area contributed by atoms with E-state index >= 15 is 0 Å². The molecule has 1 fully saturated rings. The molecule has 8 heavy (non-hydrogen) atoms. The lowest BCUT2D eigenvalue weighted by Gasteiger charge is -2.29. The minimum atomic E-state index is -1.04. The van der Waals surface area contributed by atoms with E-state index in [-0.39, 0.29) is 12.4 Å². The number of aliphatic hydroxyl groups is 1. The molecule has 3 nitrogen and oxygen atoms in total. The summed E-state index contributed by atoms with van der Waals surface area (Å²) in [7, 11) is 0. The molecule has 0 aromatic rings. The summed E-state index contributed by atoms with van der Waals surface area (Å²) in [5.74, 6) is 0. The number of nitrogens with one attached hydrogen (secondary N) is 1. The van der Waals surface area contributed by atoms with Gasteiger partial charge in [0.05, 0.1) is 0 Å². The third kappa shape index (κ3) is 1.10. The SMILES string of the molecule is Cl.N#CC1(O)CNC1. The Morgan fingerprint density at radius 1 is 1.62 bits per heavy atom. The van der Waals surface area contributed by atoms with Gasteiger partial charge in [-0.25, -0.2) is 0 Å². The minimum absolute atomic E-state index is 0. The molecule has 1 rings (SSSR count). The highest BCUT2D eigenvalue weighted by Gasteiger charge is 2.33. The summed E-state index contributed by atoms with van der Waals surface area (Å²) in [4.78, 5) is 0. The molecule has 2 N–H and O–H groups in total. The minimum Gasteiger partial charge on any atom is -0.373 e. The molecule has 0 saturated carbocycles. The number of hydrogen-bond acceptors (Lipinski definition) is 3. The number of β-amino-alcohol motifs (C(OH)–C–C–N with tert-alkyl or cyclic N) is 1. The van der Waals surface area contributed by atoms with E-state index in [2.05, 4.69) is 5.32 Å². The van der Waals surface area contributed by atoms with Crippen LogP contribution in [0.1, 0.15) is 0 Å². The summed E-state index contributed by atoms with van der Waals surface area (Å²) in [6.45, 7) is 0.840. The Morgan fingerprint density at radius 2 is 2.12 bits per heavy atom. The molecule has 0 bridgehead atoms. The summed E-state index contributed by atoms with van der Waals surface area (Å²) in [5.41, 5.74) is -1.04. The highest BCUT2D eigenvalue weighted by Crippen LogP contribution is 2.06. The number of halogens is 1. The van der Waals surface area contributed by atoms with Crippen molar-refractivity contribution in [1.29, 1.82) is 5.26 Å². The van der Waals surface area contributed by atoms with Gasteiger partial charge in [0.25, 0.3) is 0 Å². The first kappa shape index (κ1) is 7.70. The van der Waals surface area contributed by atoms with Crippen LogP contribution in [0.4, 0.5) is 0 Å². The van der Waals surface area contributed by atoms with Crippen LogP contribution in [0.2, 0.25) is 0 Å². The van der Waals surface area contributed by atoms with Crippen LogP contribution in [-0.4, -0.2) is 23.8 Å². The van der Waals surface area contributed by atoms with Crippen LogP contribution in [0.25, 0.3) is 0 Å². The summed E-state index contributed by atoms with van der Waals surface area (Å²) in [5, 5.41) is 19.7. The van der Waals surface area contributed by atoms with Crippen molar-refractivity contribution < 1.29 is 5.11 Å².